The van der Waals surface area contributed by atoms with Crippen molar-refractivity contribution in [3.63, 3.8) is 0 Å². The number of rotatable bonds is 3. The summed E-state index contributed by atoms with van der Waals surface area (Å²) in [6.45, 7) is 1.81. The molecule has 2 heterocycles. The molecule has 1 N–H and O–H groups in total. The minimum absolute atomic E-state index is 0.279. The van der Waals surface area contributed by atoms with Gasteiger partial charge in [0.1, 0.15) is 11.3 Å². The zero-order chi connectivity index (χ0) is 14.7. The molecule has 21 heavy (non-hydrogen) atoms. The third-order valence-corrected chi connectivity index (χ3v) is 3.10. The number of hydrogen-bond acceptors (Lipinski definition) is 3. The molecule has 0 saturated carbocycles. The Morgan fingerprint density at radius 3 is 2.76 bits per heavy atom. The van der Waals surface area contributed by atoms with E-state index in [2.05, 4.69) is 15.5 Å². The van der Waals surface area contributed by atoms with Crippen molar-refractivity contribution in [2.45, 2.75) is 6.92 Å². The number of amides is 1. The van der Waals surface area contributed by atoms with Gasteiger partial charge in [-0.1, -0.05) is 36.4 Å². The number of hydrogen-bond donors (Lipinski definition) is 1. The molecular weight excluding hydrogens is 264 g/mol. The molecule has 0 aliphatic heterocycles. The summed E-state index contributed by atoms with van der Waals surface area (Å²) in [6, 6.07) is 15.2. The van der Waals surface area contributed by atoms with Crippen molar-refractivity contribution in [3.8, 4) is 0 Å². The van der Waals surface area contributed by atoms with Crippen LogP contribution in [0.2, 0.25) is 0 Å². The number of carbonyl (C=O) groups excluding carboxylic acids is 1. The van der Waals surface area contributed by atoms with E-state index < -0.39 is 0 Å². The minimum atomic E-state index is -0.279. The molecule has 0 aliphatic carbocycles. The van der Waals surface area contributed by atoms with E-state index in [1.54, 1.807) is 10.6 Å². The van der Waals surface area contributed by atoms with Gasteiger partial charge in [-0.3, -0.25) is 9.20 Å². The molecular formula is C16H14N4O. The fraction of sp³-hybridized carbons (Fsp3) is 0.0625. The van der Waals surface area contributed by atoms with Crippen molar-refractivity contribution in [2.75, 3.05) is 0 Å². The Hall–Kier alpha value is -2.95. The molecule has 104 valence electrons. The van der Waals surface area contributed by atoms with E-state index in [0.29, 0.717) is 11.4 Å². The van der Waals surface area contributed by atoms with E-state index in [1.807, 2.05) is 61.7 Å². The quantitative estimate of drug-likeness (QED) is 0.591. The van der Waals surface area contributed by atoms with E-state index in [9.17, 15) is 4.79 Å². The van der Waals surface area contributed by atoms with Gasteiger partial charge in [-0.05, 0) is 24.6 Å². The predicted molar refractivity (Wildman–Crippen MR) is 81.4 cm³/mol. The third kappa shape index (κ3) is 2.67. The third-order valence-electron chi connectivity index (χ3n) is 3.10. The van der Waals surface area contributed by atoms with Crippen molar-refractivity contribution in [1.82, 2.24) is 14.8 Å². The van der Waals surface area contributed by atoms with Crippen LogP contribution in [-0.2, 0) is 0 Å². The van der Waals surface area contributed by atoms with Crippen LogP contribution >= 0.6 is 0 Å². The Labute approximate surface area is 121 Å². The number of nitrogens with zero attached hydrogens (tertiary/aromatic N) is 3. The second kappa shape index (κ2) is 5.58. The van der Waals surface area contributed by atoms with Crippen LogP contribution in [-0.4, -0.2) is 21.5 Å². The number of carbonyl (C=O) groups is 1. The molecule has 5 heteroatoms. The highest BCUT2D eigenvalue weighted by molar-refractivity contribution is 5.95. The summed E-state index contributed by atoms with van der Waals surface area (Å²) in [4.78, 5) is 16.6. The molecule has 0 aliphatic rings. The first kappa shape index (κ1) is 13.1. The highest BCUT2D eigenvalue weighted by Gasteiger charge is 2.15. The first-order valence-electron chi connectivity index (χ1n) is 6.58. The standard InChI is InChI=1S/C16H14N4O/c1-12-15(20-10-6-5-9-14(20)18-12)16(21)19-17-11-13-7-3-2-4-8-13/h2-11H,1H3,(H,19,21)/b17-11-. The molecule has 0 saturated heterocycles. The van der Waals surface area contributed by atoms with Crippen molar-refractivity contribution < 1.29 is 4.79 Å². The van der Waals surface area contributed by atoms with E-state index in [0.717, 1.165) is 11.2 Å². The summed E-state index contributed by atoms with van der Waals surface area (Å²) in [5.41, 5.74) is 5.37. The lowest BCUT2D eigenvalue weighted by Gasteiger charge is -2.01. The fourth-order valence-corrected chi connectivity index (χ4v) is 2.14. The summed E-state index contributed by atoms with van der Waals surface area (Å²) < 4.78 is 1.75. The van der Waals surface area contributed by atoms with Crippen LogP contribution in [0.5, 0.6) is 0 Å². The molecule has 2 aromatic heterocycles. The Bertz CT molecular complexity index is 806. The molecule has 0 unspecified atom stereocenters. The van der Waals surface area contributed by atoms with E-state index >= 15 is 0 Å². The molecule has 0 atom stereocenters. The van der Waals surface area contributed by atoms with Gasteiger partial charge in [-0.25, -0.2) is 10.4 Å². The maximum Gasteiger partial charge on any atom is 0.290 e. The Morgan fingerprint density at radius 1 is 1.19 bits per heavy atom. The van der Waals surface area contributed by atoms with Crippen LogP contribution in [0.15, 0.2) is 59.8 Å². The molecule has 3 aromatic rings. The van der Waals surface area contributed by atoms with Gasteiger partial charge in [-0.15, -0.1) is 0 Å². The van der Waals surface area contributed by atoms with Gasteiger partial charge < -0.3 is 0 Å². The lowest BCUT2D eigenvalue weighted by molar-refractivity contribution is 0.0948. The second-order valence-electron chi connectivity index (χ2n) is 4.58. The average Bonchev–Trinajstić information content (AvgIpc) is 2.84. The van der Waals surface area contributed by atoms with Gasteiger partial charge in [0.2, 0.25) is 0 Å². The zero-order valence-corrected chi connectivity index (χ0v) is 11.5. The fourth-order valence-electron chi connectivity index (χ4n) is 2.14. The van der Waals surface area contributed by atoms with Crippen LogP contribution in [0.3, 0.4) is 0 Å². The SMILES string of the molecule is Cc1nc2ccccn2c1C(=O)N/N=C\c1ccccc1. The van der Waals surface area contributed by atoms with Gasteiger partial charge in [0.25, 0.3) is 5.91 Å². The van der Waals surface area contributed by atoms with Crippen LogP contribution in [0, 0.1) is 6.92 Å². The summed E-state index contributed by atoms with van der Waals surface area (Å²) in [5.74, 6) is -0.279. The normalized spacial score (nSPS) is 11.1. The van der Waals surface area contributed by atoms with E-state index in [1.165, 1.54) is 0 Å². The Balaban J connectivity index is 1.82. The van der Waals surface area contributed by atoms with Gasteiger partial charge in [0.15, 0.2) is 0 Å². The van der Waals surface area contributed by atoms with Crippen LogP contribution in [0.25, 0.3) is 5.65 Å². The van der Waals surface area contributed by atoms with Crippen LogP contribution in [0.4, 0.5) is 0 Å². The van der Waals surface area contributed by atoms with Gasteiger partial charge in [0, 0.05) is 6.20 Å². The highest BCUT2D eigenvalue weighted by Crippen LogP contribution is 2.11. The molecule has 0 radical (unpaired) electrons. The van der Waals surface area contributed by atoms with Gasteiger partial charge >= 0.3 is 0 Å². The van der Waals surface area contributed by atoms with Crippen LogP contribution in [0.1, 0.15) is 21.7 Å². The number of aromatic nitrogens is 2. The number of hydrazone groups is 1. The first-order chi connectivity index (χ1) is 10.3. The molecule has 0 spiro atoms. The molecule has 5 nitrogen and oxygen atoms in total. The maximum atomic E-state index is 12.2. The molecule has 1 aromatic carbocycles. The van der Waals surface area contributed by atoms with Gasteiger partial charge in [-0.2, -0.15) is 5.10 Å². The summed E-state index contributed by atoms with van der Waals surface area (Å²) >= 11 is 0. The van der Waals surface area contributed by atoms with Crippen molar-refractivity contribution in [1.29, 1.82) is 0 Å². The number of fused-ring (bicyclic) bond motifs is 1. The summed E-state index contributed by atoms with van der Waals surface area (Å²) in [6.07, 6.45) is 3.42. The number of pyridine rings is 1. The average molecular weight is 278 g/mol. The molecule has 3 rings (SSSR count). The van der Waals surface area contributed by atoms with E-state index in [4.69, 9.17) is 0 Å². The monoisotopic (exact) mass is 278 g/mol. The number of aryl methyl sites for hydroxylation is 1. The maximum absolute atomic E-state index is 12.2. The number of imidazole rings is 1. The predicted octanol–water partition coefficient (Wildman–Crippen LogP) is 2.41. The highest BCUT2D eigenvalue weighted by atomic mass is 16.2. The largest absolute Gasteiger partial charge is 0.295 e. The second-order valence-corrected chi connectivity index (χ2v) is 4.58. The molecule has 0 fully saturated rings. The van der Waals surface area contributed by atoms with Crippen molar-refractivity contribution >= 4 is 17.8 Å². The van der Waals surface area contributed by atoms with E-state index in [-0.39, 0.29) is 5.91 Å². The minimum Gasteiger partial charge on any atom is -0.295 e. The lowest BCUT2D eigenvalue weighted by atomic mass is 10.2. The summed E-state index contributed by atoms with van der Waals surface area (Å²) in [7, 11) is 0. The smallest absolute Gasteiger partial charge is 0.290 e. The first-order valence-corrected chi connectivity index (χ1v) is 6.58. The molecule has 0 bridgehead atoms. The van der Waals surface area contributed by atoms with Crippen LogP contribution < -0.4 is 5.43 Å². The zero-order valence-electron chi connectivity index (χ0n) is 11.5. The van der Waals surface area contributed by atoms with Gasteiger partial charge in [0.05, 0.1) is 11.9 Å². The topological polar surface area (TPSA) is 58.8 Å². The lowest BCUT2D eigenvalue weighted by Crippen LogP contribution is -2.20. The van der Waals surface area contributed by atoms with Crippen molar-refractivity contribution in [2.24, 2.45) is 5.10 Å². The number of nitrogens with one attached hydrogen (secondary N) is 1. The molecule has 1 amide bonds. The Morgan fingerprint density at radius 2 is 1.95 bits per heavy atom. The number of benzene rings is 1. The van der Waals surface area contributed by atoms with Crippen molar-refractivity contribution in [3.05, 3.63) is 71.7 Å². The summed E-state index contributed by atoms with van der Waals surface area (Å²) in [5, 5.41) is 3.98. The Kier molecular flexibility index (Phi) is 3.47.